The fourth-order valence-corrected chi connectivity index (χ4v) is 3.26. The monoisotopic (exact) mass is 344 g/mol. The number of carbonyl (C=O) groups is 1. The van der Waals surface area contributed by atoms with E-state index >= 15 is 0 Å². The van der Waals surface area contributed by atoms with Gasteiger partial charge in [-0.05, 0) is 49.9 Å². The topological polar surface area (TPSA) is 103 Å². The first-order valence-electron chi connectivity index (χ1n) is 7.42. The van der Waals surface area contributed by atoms with Gasteiger partial charge in [-0.25, -0.2) is 9.98 Å². The molecular formula is C17H20N4O2S. The number of rotatable bonds is 6. The molecule has 0 saturated carbocycles. The number of amides is 1. The molecule has 2 rings (SSSR count). The van der Waals surface area contributed by atoms with Crippen molar-refractivity contribution in [1.29, 1.82) is 0 Å². The fourth-order valence-electron chi connectivity index (χ4n) is 2.30. The fraction of sp³-hybridized carbons (Fsp3) is 0.235. The number of nitrogens with two attached hydrogens (primary N) is 2. The van der Waals surface area contributed by atoms with Gasteiger partial charge in [0.15, 0.2) is 0 Å². The molecule has 0 radical (unpaired) electrons. The molecule has 0 atom stereocenters. The Labute approximate surface area is 144 Å². The zero-order chi connectivity index (χ0) is 17.7. The van der Waals surface area contributed by atoms with Gasteiger partial charge in [-0.1, -0.05) is 0 Å². The van der Waals surface area contributed by atoms with E-state index in [1.54, 1.807) is 18.2 Å². The molecule has 0 aliphatic carbocycles. The molecule has 0 spiro atoms. The highest BCUT2D eigenvalue weighted by Crippen LogP contribution is 2.34. The maximum atomic E-state index is 11.3. The number of hydrogen-bond acceptors (Lipinski definition) is 5. The van der Waals surface area contributed by atoms with Crippen molar-refractivity contribution in [1.82, 2.24) is 0 Å². The zero-order valence-corrected chi connectivity index (χ0v) is 14.7. The normalized spacial score (nSPS) is 11.9. The van der Waals surface area contributed by atoms with Crippen molar-refractivity contribution in [3.8, 4) is 5.75 Å². The predicted octanol–water partition coefficient (Wildman–Crippen LogP) is 3.31. The minimum absolute atomic E-state index is 0.384. The van der Waals surface area contributed by atoms with Crippen LogP contribution in [0.4, 0.5) is 10.7 Å². The van der Waals surface area contributed by atoms with Crippen molar-refractivity contribution in [3.05, 3.63) is 40.3 Å². The van der Waals surface area contributed by atoms with E-state index in [0.29, 0.717) is 23.6 Å². The van der Waals surface area contributed by atoms with Crippen LogP contribution in [0.25, 0.3) is 0 Å². The van der Waals surface area contributed by atoms with Crippen LogP contribution in [0.1, 0.15) is 35.3 Å². The molecule has 0 saturated heterocycles. The lowest BCUT2D eigenvalue weighted by Crippen LogP contribution is -2.11. The number of nitrogens with zero attached hydrogens (tertiary/aromatic N) is 2. The van der Waals surface area contributed by atoms with E-state index in [4.69, 9.17) is 16.2 Å². The standard InChI is InChI=1S/C17H20N4O2S/c1-4-23-14-7-12(16(19)22)5-6-13(14)21-11(3)15-10(2)8-24-17(15)20-9-18/h5-9H,4H2,1-3H3,(H2,18,20)(H2,19,22). The van der Waals surface area contributed by atoms with Gasteiger partial charge in [0.2, 0.25) is 5.91 Å². The minimum atomic E-state index is -0.503. The Morgan fingerprint density at radius 2 is 2.17 bits per heavy atom. The van der Waals surface area contributed by atoms with Crippen LogP contribution in [0, 0.1) is 6.92 Å². The largest absolute Gasteiger partial charge is 0.492 e. The van der Waals surface area contributed by atoms with Crippen molar-refractivity contribution >= 4 is 40.0 Å². The first-order chi connectivity index (χ1) is 11.5. The molecule has 1 aromatic carbocycles. The summed E-state index contributed by atoms with van der Waals surface area (Å²) in [4.78, 5) is 20.2. The third-order valence-electron chi connectivity index (χ3n) is 3.34. The molecule has 6 nitrogen and oxygen atoms in total. The van der Waals surface area contributed by atoms with Crippen LogP contribution < -0.4 is 16.2 Å². The van der Waals surface area contributed by atoms with Crippen molar-refractivity contribution in [2.45, 2.75) is 20.8 Å². The number of aryl methyl sites for hydroxylation is 1. The first kappa shape index (κ1) is 17.7. The Hall–Kier alpha value is -2.67. The minimum Gasteiger partial charge on any atom is -0.492 e. The summed E-state index contributed by atoms with van der Waals surface area (Å²) in [6, 6.07) is 4.97. The summed E-state index contributed by atoms with van der Waals surface area (Å²) < 4.78 is 5.59. The quantitative estimate of drug-likeness (QED) is 0.620. The van der Waals surface area contributed by atoms with E-state index in [0.717, 1.165) is 21.8 Å². The third-order valence-corrected chi connectivity index (χ3v) is 4.35. The molecule has 4 N–H and O–H groups in total. The summed E-state index contributed by atoms with van der Waals surface area (Å²) >= 11 is 1.51. The second-order valence-electron chi connectivity index (χ2n) is 5.05. The molecule has 1 heterocycles. The second-order valence-corrected chi connectivity index (χ2v) is 5.91. The molecule has 2 aromatic rings. The predicted molar refractivity (Wildman–Crippen MR) is 99.4 cm³/mol. The van der Waals surface area contributed by atoms with Crippen LogP contribution in [0.3, 0.4) is 0 Å². The van der Waals surface area contributed by atoms with Crippen molar-refractivity contribution < 1.29 is 9.53 Å². The van der Waals surface area contributed by atoms with Gasteiger partial charge in [0.05, 0.1) is 12.9 Å². The van der Waals surface area contributed by atoms with E-state index in [1.165, 1.54) is 17.7 Å². The van der Waals surface area contributed by atoms with Crippen LogP contribution in [-0.4, -0.2) is 24.6 Å². The molecule has 1 aromatic heterocycles. The SMILES string of the molecule is CCOc1cc(C(N)=O)ccc1N=C(C)c1c(C)csc1N=CN. The number of benzene rings is 1. The van der Waals surface area contributed by atoms with Gasteiger partial charge in [-0.2, -0.15) is 0 Å². The van der Waals surface area contributed by atoms with E-state index in [1.807, 2.05) is 26.2 Å². The molecular weight excluding hydrogens is 324 g/mol. The van der Waals surface area contributed by atoms with E-state index in [9.17, 15) is 4.79 Å². The van der Waals surface area contributed by atoms with Crippen LogP contribution >= 0.6 is 11.3 Å². The average molecular weight is 344 g/mol. The van der Waals surface area contributed by atoms with Crippen LogP contribution in [-0.2, 0) is 0 Å². The highest BCUT2D eigenvalue weighted by molar-refractivity contribution is 7.14. The van der Waals surface area contributed by atoms with Gasteiger partial charge in [-0.15, -0.1) is 11.3 Å². The van der Waals surface area contributed by atoms with E-state index < -0.39 is 5.91 Å². The number of carbonyl (C=O) groups excluding carboxylic acids is 1. The molecule has 0 unspecified atom stereocenters. The number of thiophene rings is 1. The van der Waals surface area contributed by atoms with Gasteiger partial charge in [0.25, 0.3) is 0 Å². The summed E-state index contributed by atoms with van der Waals surface area (Å²) in [7, 11) is 0. The third kappa shape index (κ3) is 3.80. The zero-order valence-electron chi connectivity index (χ0n) is 13.9. The van der Waals surface area contributed by atoms with Crippen molar-refractivity contribution in [2.75, 3.05) is 6.61 Å². The van der Waals surface area contributed by atoms with Crippen molar-refractivity contribution in [2.24, 2.45) is 21.5 Å². The summed E-state index contributed by atoms with van der Waals surface area (Å²) in [6.45, 7) is 6.24. The molecule has 126 valence electrons. The Balaban J connectivity index is 2.50. The Morgan fingerprint density at radius 1 is 1.42 bits per heavy atom. The summed E-state index contributed by atoms with van der Waals surface area (Å²) in [6.07, 6.45) is 1.27. The molecule has 1 amide bonds. The lowest BCUT2D eigenvalue weighted by Gasteiger charge is -2.09. The molecule has 7 heteroatoms. The smallest absolute Gasteiger partial charge is 0.248 e. The Morgan fingerprint density at radius 3 is 2.79 bits per heavy atom. The number of primary amides is 1. The Kier molecular flexibility index (Phi) is 5.70. The van der Waals surface area contributed by atoms with Crippen LogP contribution in [0.15, 0.2) is 33.6 Å². The van der Waals surface area contributed by atoms with Gasteiger partial charge in [-0.3, -0.25) is 4.79 Å². The molecule has 0 fully saturated rings. The average Bonchev–Trinajstić information content (AvgIpc) is 2.90. The number of hydrogen-bond donors (Lipinski definition) is 2. The molecule has 0 bridgehead atoms. The van der Waals surface area contributed by atoms with Gasteiger partial charge in [0, 0.05) is 16.8 Å². The molecule has 0 aliphatic rings. The van der Waals surface area contributed by atoms with Gasteiger partial charge in [0.1, 0.15) is 16.4 Å². The van der Waals surface area contributed by atoms with E-state index in [-0.39, 0.29) is 0 Å². The highest BCUT2D eigenvalue weighted by Gasteiger charge is 2.13. The maximum absolute atomic E-state index is 11.3. The van der Waals surface area contributed by atoms with Gasteiger partial charge < -0.3 is 16.2 Å². The van der Waals surface area contributed by atoms with Crippen LogP contribution in [0.5, 0.6) is 5.75 Å². The second kappa shape index (κ2) is 7.74. The lowest BCUT2D eigenvalue weighted by molar-refractivity contribution is 0.1000. The lowest BCUT2D eigenvalue weighted by atomic mass is 10.1. The van der Waals surface area contributed by atoms with Crippen LogP contribution in [0.2, 0.25) is 0 Å². The highest BCUT2D eigenvalue weighted by atomic mass is 32.1. The molecule has 24 heavy (non-hydrogen) atoms. The van der Waals surface area contributed by atoms with Gasteiger partial charge >= 0.3 is 0 Å². The number of ether oxygens (including phenoxy) is 1. The first-order valence-corrected chi connectivity index (χ1v) is 8.30. The Bertz CT molecular complexity index is 809. The van der Waals surface area contributed by atoms with E-state index in [2.05, 4.69) is 9.98 Å². The summed E-state index contributed by atoms with van der Waals surface area (Å²) in [5, 5.41) is 2.82. The summed E-state index contributed by atoms with van der Waals surface area (Å²) in [5.74, 6) is 0.0151. The van der Waals surface area contributed by atoms with Crippen molar-refractivity contribution in [3.63, 3.8) is 0 Å². The summed E-state index contributed by atoms with van der Waals surface area (Å²) in [5.41, 5.74) is 14.6. The maximum Gasteiger partial charge on any atom is 0.248 e. The number of aliphatic imine (C=N–C) groups is 2. The molecule has 0 aliphatic heterocycles.